The molecule has 1 unspecified atom stereocenters. The zero-order valence-corrected chi connectivity index (χ0v) is 13.5. The van der Waals surface area contributed by atoms with Crippen LogP contribution in [-0.2, 0) is 0 Å². The van der Waals surface area contributed by atoms with Gasteiger partial charge in [0.05, 0.1) is 6.10 Å². The van der Waals surface area contributed by atoms with E-state index < -0.39 is 0 Å². The van der Waals surface area contributed by atoms with Crippen LogP contribution in [0.1, 0.15) is 37.3 Å². The first kappa shape index (κ1) is 15.2. The Kier molecular flexibility index (Phi) is 4.42. The molecule has 3 aliphatic heterocycles. The molecular formula is C18H26N2O3. The van der Waals surface area contributed by atoms with Gasteiger partial charge in [-0.1, -0.05) is 6.07 Å². The summed E-state index contributed by atoms with van der Waals surface area (Å²) in [7, 11) is 0. The molecule has 2 N–H and O–H groups in total. The van der Waals surface area contributed by atoms with Crippen molar-refractivity contribution in [2.75, 3.05) is 33.0 Å². The van der Waals surface area contributed by atoms with Crippen LogP contribution in [0.3, 0.4) is 0 Å². The first-order chi connectivity index (χ1) is 11.3. The number of fused-ring (bicyclic) bond motifs is 1. The van der Waals surface area contributed by atoms with E-state index in [1.54, 1.807) is 0 Å². The van der Waals surface area contributed by atoms with Gasteiger partial charge in [0, 0.05) is 19.1 Å². The Morgan fingerprint density at radius 1 is 1.04 bits per heavy atom. The fourth-order valence-corrected chi connectivity index (χ4v) is 4.20. The van der Waals surface area contributed by atoms with Gasteiger partial charge in [0.25, 0.3) is 0 Å². The maximum absolute atomic E-state index is 9.84. The molecule has 2 fully saturated rings. The Morgan fingerprint density at radius 3 is 2.57 bits per heavy atom. The van der Waals surface area contributed by atoms with Crippen LogP contribution in [0.25, 0.3) is 0 Å². The number of hydrogen-bond donors (Lipinski definition) is 2. The Balaban J connectivity index is 1.61. The van der Waals surface area contributed by atoms with E-state index in [0.29, 0.717) is 18.8 Å². The van der Waals surface area contributed by atoms with E-state index in [9.17, 15) is 5.11 Å². The van der Waals surface area contributed by atoms with Crippen LogP contribution in [0.5, 0.6) is 11.5 Å². The van der Waals surface area contributed by atoms with Gasteiger partial charge in [-0.3, -0.25) is 4.90 Å². The molecule has 3 heterocycles. The number of hydrogen-bond acceptors (Lipinski definition) is 5. The van der Waals surface area contributed by atoms with E-state index in [1.807, 2.05) is 6.07 Å². The standard InChI is InChI=1S/C18H26N2O3/c21-15-5-9-20(10-6-15)18(13-3-7-19-8-4-13)14-1-2-16-17(11-14)23-12-22-16/h1-2,11,13,15,18-19,21H,3-10,12H2. The Bertz CT molecular complexity index is 537. The molecule has 1 atom stereocenters. The number of ether oxygens (including phenoxy) is 2. The average molecular weight is 318 g/mol. The highest BCUT2D eigenvalue weighted by molar-refractivity contribution is 5.45. The fourth-order valence-electron chi connectivity index (χ4n) is 4.20. The van der Waals surface area contributed by atoms with Crippen molar-refractivity contribution in [2.24, 2.45) is 5.92 Å². The topological polar surface area (TPSA) is 54.0 Å². The molecule has 126 valence electrons. The largest absolute Gasteiger partial charge is 0.454 e. The van der Waals surface area contributed by atoms with E-state index in [4.69, 9.17) is 9.47 Å². The molecule has 0 aliphatic carbocycles. The van der Waals surface area contributed by atoms with E-state index in [1.165, 1.54) is 18.4 Å². The van der Waals surface area contributed by atoms with Crippen LogP contribution in [0, 0.1) is 5.92 Å². The molecule has 3 aliphatic rings. The monoisotopic (exact) mass is 318 g/mol. The summed E-state index contributed by atoms with van der Waals surface area (Å²) in [5.41, 5.74) is 1.33. The first-order valence-electron chi connectivity index (χ1n) is 8.83. The third-order valence-corrected chi connectivity index (χ3v) is 5.46. The second-order valence-electron chi connectivity index (χ2n) is 6.91. The second kappa shape index (κ2) is 6.67. The van der Waals surface area contributed by atoms with Gasteiger partial charge in [0.1, 0.15) is 0 Å². The van der Waals surface area contributed by atoms with Gasteiger partial charge in [-0.05, 0) is 62.4 Å². The lowest BCUT2D eigenvalue weighted by Gasteiger charge is -2.42. The number of aliphatic hydroxyl groups is 1. The van der Waals surface area contributed by atoms with Crippen molar-refractivity contribution in [3.05, 3.63) is 23.8 Å². The SMILES string of the molecule is OC1CCN(C(c2ccc3c(c2)OCO3)C2CCNCC2)CC1. The van der Waals surface area contributed by atoms with E-state index in [0.717, 1.165) is 50.5 Å². The predicted octanol–water partition coefficient (Wildman–Crippen LogP) is 1.91. The maximum atomic E-state index is 9.84. The number of rotatable bonds is 3. The molecule has 0 radical (unpaired) electrons. The molecule has 0 aromatic heterocycles. The summed E-state index contributed by atoms with van der Waals surface area (Å²) < 4.78 is 11.0. The summed E-state index contributed by atoms with van der Waals surface area (Å²) in [5.74, 6) is 2.39. The minimum atomic E-state index is -0.128. The zero-order valence-electron chi connectivity index (χ0n) is 13.5. The molecule has 1 aromatic carbocycles. The Labute approximate surface area is 137 Å². The van der Waals surface area contributed by atoms with Crippen molar-refractivity contribution in [1.82, 2.24) is 10.2 Å². The number of aliphatic hydroxyl groups excluding tert-OH is 1. The number of likely N-dealkylation sites (tertiary alicyclic amines) is 1. The van der Waals surface area contributed by atoms with Crippen molar-refractivity contribution in [3.8, 4) is 11.5 Å². The lowest BCUT2D eigenvalue weighted by atomic mass is 9.83. The molecule has 0 saturated carbocycles. The minimum Gasteiger partial charge on any atom is -0.454 e. The average Bonchev–Trinajstić information content (AvgIpc) is 3.06. The zero-order chi connectivity index (χ0) is 15.6. The van der Waals surface area contributed by atoms with Gasteiger partial charge in [-0.2, -0.15) is 0 Å². The Hall–Kier alpha value is -1.30. The highest BCUT2D eigenvalue weighted by atomic mass is 16.7. The van der Waals surface area contributed by atoms with Crippen molar-refractivity contribution in [1.29, 1.82) is 0 Å². The van der Waals surface area contributed by atoms with Gasteiger partial charge in [0.2, 0.25) is 6.79 Å². The van der Waals surface area contributed by atoms with Crippen LogP contribution >= 0.6 is 0 Å². The van der Waals surface area contributed by atoms with Crippen LogP contribution in [0.4, 0.5) is 0 Å². The predicted molar refractivity (Wildman–Crippen MR) is 87.7 cm³/mol. The van der Waals surface area contributed by atoms with Gasteiger partial charge < -0.3 is 19.9 Å². The maximum Gasteiger partial charge on any atom is 0.231 e. The third kappa shape index (κ3) is 3.18. The minimum absolute atomic E-state index is 0.128. The number of benzene rings is 1. The van der Waals surface area contributed by atoms with Gasteiger partial charge >= 0.3 is 0 Å². The number of nitrogens with one attached hydrogen (secondary N) is 1. The van der Waals surface area contributed by atoms with Gasteiger partial charge in [0.15, 0.2) is 11.5 Å². The summed E-state index contributed by atoms with van der Waals surface area (Å²) >= 11 is 0. The third-order valence-electron chi connectivity index (χ3n) is 5.46. The lowest BCUT2D eigenvalue weighted by Crippen LogP contribution is -2.43. The molecule has 2 saturated heterocycles. The van der Waals surface area contributed by atoms with Crippen LogP contribution < -0.4 is 14.8 Å². The highest BCUT2D eigenvalue weighted by Crippen LogP contribution is 2.40. The molecule has 0 amide bonds. The summed E-state index contributed by atoms with van der Waals surface area (Å²) in [6.07, 6.45) is 4.05. The normalized spacial score (nSPS) is 24.7. The molecule has 0 spiro atoms. The molecule has 4 rings (SSSR count). The summed E-state index contributed by atoms with van der Waals surface area (Å²) in [6, 6.07) is 6.83. The van der Waals surface area contributed by atoms with Gasteiger partial charge in [-0.25, -0.2) is 0 Å². The van der Waals surface area contributed by atoms with Crippen LogP contribution in [0.2, 0.25) is 0 Å². The first-order valence-corrected chi connectivity index (χ1v) is 8.83. The van der Waals surface area contributed by atoms with E-state index in [2.05, 4.69) is 22.3 Å². The summed E-state index contributed by atoms with van der Waals surface area (Å²) in [6.45, 7) is 4.48. The molecule has 23 heavy (non-hydrogen) atoms. The number of piperidine rings is 2. The van der Waals surface area contributed by atoms with Gasteiger partial charge in [-0.15, -0.1) is 0 Å². The lowest BCUT2D eigenvalue weighted by molar-refractivity contribution is 0.0371. The number of nitrogens with zero attached hydrogens (tertiary/aromatic N) is 1. The van der Waals surface area contributed by atoms with Crippen molar-refractivity contribution >= 4 is 0 Å². The molecule has 0 bridgehead atoms. The Morgan fingerprint density at radius 2 is 1.78 bits per heavy atom. The van der Waals surface area contributed by atoms with E-state index >= 15 is 0 Å². The van der Waals surface area contributed by atoms with Crippen molar-refractivity contribution in [3.63, 3.8) is 0 Å². The quantitative estimate of drug-likeness (QED) is 0.892. The van der Waals surface area contributed by atoms with E-state index in [-0.39, 0.29) is 6.10 Å². The smallest absolute Gasteiger partial charge is 0.231 e. The molecule has 5 nitrogen and oxygen atoms in total. The second-order valence-corrected chi connectivity index (χ2v) is 6.91. The van der Waals surface area contributed by atoms with Crippen molar-refractivity contribution in [2.45, 2.75) is 37.8 Å². The summed E-state index contributed by atoms with van der Waals surface area (Å²) in [4.78, 5) is 2.57. The van der Waals surface area contributed by atoms with Crippen molar-refractivity contribution < 1.29 is 14.6 Å². The van der Waals surface area contributed by atoms with Crippen LogP contribution in [-0.4, -0.2) is 49.1 Å². The highest BCUT2D eigenvalue weighted by Gasteiger charge is 2.33. The van der Waals surface area contributed by atoms with Crippen LogP contribution in [0.15, 0.2) is 18.2 Å². The summed E-state index contributed by atoms with van der Waals surface area (Å²) in [5, 5.41) is 13.3. The molecule has 1 aromatic rings. The molecular weight excluding hydrogens is 292 g/mol. The fraction of sp³-hybridized carbons (Fsp3) is 0.667. The molecule has 5 heteroatoms.